The van der Waals surface area contributed by atoms with E-state index in [-0.39, 0.29) is 61.2 Å². The third kappa shape index (κ3) is 10.1. The lowest BCUT2D eigenvalue weighted by atomic mass is 9.83. The number of morpholine rings is 1. The van der Waals surface area contributed by atoms with Gasteiger partial charge in [0, 0.05) is 66.1 Å². The number of nitrogen functional groups attached to an aromatic ring is 2. The molecule has 400 valence electrons. The number of benzene rings is 3. The number of methoxy groups -OCH3 is 2. The minimum absolute atomic E-state index is 0.221. The summed E-state index contributed by atoms with van der Waals surface area (Å²) in [5.74, 6) is -2.19. The van der Waals surface area contributed by atoms with Crippen LogP contribution in [0.3, 0.4) is 0 Å². The Labute approximate surface area is 437 Å². The molecule has 1 aromatic heterocycles. The molecule has 0 unspecified atom stereocenters. The number of hydrogen-bond acceptors (Lipinski definition) is 14. The van der Waals surface area contributed by atoms with E-state index in [1.165, 1.54) is 24.0 Å². The van der Waals surface area contributed by atoms with Gasteiger partial charge in [-0.15, -0.1) is 0 Å². The zero-order valence-electron chi connectivity index (χ0n) is 43.7. The van der Waals surface area contributed by atoms with Crippen molar-refractivity contribution in [3.63, 3.8) is 0 Å². The number of primary amides is 2. The molecule has 0 bridgehead atoms. The molecule has 4 fully saturated rings. The number of aromatic nitrogens is 1. The minimum Gasteiger partial charge on any atom is -0.453 e. The molecule has 10 N–H and O–H groups in total. The molecule has 75 heavy (non-hydrogen) atoms. The number of likely N-dealkylation sites (tertiary alicyclic amines) is 2. The van der Waals surface area contributed by atoms with Crippen molar-refractivity contribution in [2.45, 2.75) is 101 Å². The van der Waals surface area contributed by atoms with Gasteiger partial charge in [0.1, 0.15) is 29.0 Å². The SMILES string of the molecule is COC(=O)N[C@H](C(=O)N1CCC[C@@]1(C(N)=O)c1ccc([C@H]2CC[C@H](c3ccc([C@]4(C(N)=O)CCCN4C(=O)[C@@H](NC(=O)OC)C(C)C)c(N)c3)N2c2ccc(-c3ccc(N4CCOCC4)nc3)cc2)cc1N)C(C)C. The van der Waals surface area contributed by atoms with Crippen LogP contribution in [0.15, 0.2) is 79.0 Å². The van der Waals surface area contributed by atoms with Gasteiger partial charge in [0.05, 0.1) is 39.5 Å². The van der Waals surface area contributed by atoms with E-state index in [0.29, 0.717) is 50.0 Å². The summed E-state index contributed by atoms with van der Waals surface area (Å²) in [7, 11) is 2.43. The van der Waals surface area contributed by atoms with Crippen LogP contribution in [-0.4, -0.2) is 116 Å². The molecule has 5 heterocycles. The second kappa shape index (κ2) is 22.1. The molecule has 8 rings (SSSR count). The quantitative estimate of drug-likeness (QED) is 0.0836. The van der Waals surface area contributed by atoms with Gasteiger partial charge >= 0.3 is 12.2 Å². The Morgan fingerprint density at radius 1 is 0.640 bits per heavy atom. The van der Waals surface area contributed by atoms with E-state index >= 15 is 0 Å². The third-order valence-corrected chi connectivity index (χ3v) is 15.7. The summed E-state index contributed by atoms with van der Waals surface area (Å²) < 4.78 is 15.2. The first-order valence-electron chi connectivity index (χ1n) is 25.8. The van der Waals surface area contributed by atoms with Crippen molar-refractivity contribution < 1.29 is 43.0 Å². The Morgan fingerprint density at radius 3 is 1.48 bits per heavy atom. The van der Waals surface area contributed by atoms with Crippen molar-refractivity contribution in [1.82, 2.24) is 25.4 Å². The number of carbonyl (C=O) groups is 6. The van der Waals surface area contributed by atoms with E-state index in [4.69, 9.17) is 42.1 Å². The zero-order chi connectivity index (χ0) is 53.9. The Morgan fingerprint density at radius 2 is 1.09 bits per heavy atom. The van der Waals surface area contributed by atoms with Crippen LogP contribution >= 0.6 is 0 Å². The molecule has 4 aliphatic heterocycles. The third-order valence-electron chi connectivity index (χ3n) is 15.7. The van der Waals surface area contributed by atoms with Crippen LogP contribution in [0.4, 0.5) is 32.5 Å². The summed E-state index contributed by atoms with van der Waals surface area (Å²) in [5, 5.41) is 5.27. The fraction of sp³-hybridized carbons (Fsp3) is 0.473. The van der Waals surface area contributed by atoms with Gasteiger partial charge < -0.3 is 67.4 Å². The van der Waals surface area contributed by atoms with Gasteiger partial charge in [-0.2, -0.15) is 0 Å². The number of pyridine rings is 1. The number of hydrogen-bond donors (Lipinski definition) is 6. The first-order chi connectivity index (χ1) is 35.9. The molecular weight excluding hydrogens is 959 g/mol. The van der Waals surface area contributed by atoms with Crippen LogP contribution < -0.4 is 43.4 Å². The molecule has 0 aliphatic carbocycles. The van der Waals surface area contributed by atoms with Crippen molar-refractivity contribution in [3.05, 3.63) is 101 Å². The molecule has 6 amide bonds. The Bertz CT molecular complexity index is 2650. The van der Waals surface area contributed by atoms with Gasteiger partial charge in [0.25, 0.3) is 0 Å². The molecule has 0 saturated carbocycles. The first kappa shape index (κ1) is 53.7. The summed E-state index contributed by atoms with van der Waals surface area (Å²) in [6.07, 6.45) is 3.08. The lowest BCUT2D eigenvalue weighted by molar-refractivity contribution is -0.146. The lowest BCUT2D eigenvalue weighted by Crippen LogP contribution is -2.59. The van der Waals surface area contributed by atoms with E-state index in [2.05, 4.69) is 50.8 Å². The van der Waals surface area contributed by atoms with Gasteiger partial charge in [-0.1, -0.05) is 64.1 Å². The minimum atomic E-state index is -1.58. The van der Waals surface area contributed by atoms with E-state index in [1.807, 2.05) is 36.5 Å². The molecule has 4 saturated heterocycles. The van der Waals surface area contributed by atoms with Crippen molar-refractivity contribution in [1.29, 1.82) is 0 Å². The molecular formula is C55H71N11O9. The smallest absolute Gasteiger partial charge is 0.407 e. The maximum atomic E-state index is 14.3. The van der Waals surface area contributed by atoms with E-state index in [9.17, 15) is 28.8 Å². The Hall–Kier alpha value is -7.61. The second-order valence-corrected chi connectivity index (χ2v) is 20.6. The van der Waals surface area contributed by atoms with Gasteiger partial charge in [0.2, 0.25) is 23.6 Å². The van der Waals surface area contributed by atoms with Crippen LogP contribution in [-0.2, 0) is 44.5 Å². The Balaban J connectivity index is 1.16. The average molecular weight is 1030 g/mol. The fourth-order valence-electron chi connectivity index (χ4n) is 11.8. The van der Waals surface area contributed by atoms with Crippen LogP contribution in [0.1, 0.15) is 101 Å². The second-order valence-electron chi connectivity index (χ2n) is 20.6. The molecule has 0 spiro atoms. The zero-order valence-corrected chi connectivity index (χ0v) is 43.7. The standard InChI is InChI=1S/C55H71N11O9/c1-32(2)46(61-52(71)73-5)48(67)64-23-7-21-54(64,50(58)69)39-16-11-35(29-41(39)56)43-18-19-44(66(43)38-14-9-34(10-15-38)37-13-20-45(60-31-37)63-25-27-75-28-26-63)36-12-17-40(42(57)30-36)55(51(59)70)22-8-24-65(55)49(68)47(33(3)4)62-53(72)74-6/h9-17,20,29-33,43-44,46-47H,7-8,18-19,21-28,56-57H2,1-6H3,(H2,58,69)(H2,59,70)(H,61,71)(H,62,72)/t43-,44-,46+,47+,54+,55+/m1/s1. The molecule has 20 heteroatoms. The number of alkyl carbamates (subject to hydrolysis) is 2. The largest absolute Gasteiger partial charge is 0.453 e. The van der Waals surface area contributed by atoms with Gasteiger partial charge in [-0.25, -0.2) is 14.6 Å². The average Bonchev–Trinajstić information content (AvgIpc) is 4.18. The van der Waals surface area contributed by atoms with Crippen LogP contribution in [0.2, 0.25) is 0 Å². The van der Waals surface area contributed by atoms with Gasteiger partial charge in [-0.05, 0) is 103 Å². The fourth-order valence-corrected chi connectivity index (χ4v) is 11.8. The number of ether oxygens (including phenoxy) is 3. The van der Waals surface area contributed by atoms with Crippen molar-refractivity contribution in [3.8, 4) is 11.1 Å². The van der Waals surface area contributed by atoms with E-state index in [0.717, 1.165) is 46.8 Å². The topological polar surface area (TPSA) is 284 Å². The molecule has 3 aromatic carbocycles. The van der Waals surface area contributed by atoms with Crippen molar-refractivity contribution >= 4 is 58.7 Å². The highest BCUT2D eigenvalue weighted by atomic mass is 16.5. The van der Waals surface area contributed by atoms with E-state index < -0.39 is 59.0 Å². The number of carbonyl (C=O) groups excluding carboxylic acids is 6. The van der Waals surface area contributed by atoms with Crippen molar-refractivity contribution in [2.75, 3.05) is 74.9 Å². The predicted molar refractivity (Wildman–Crippen MR) is 284 cm³/mol. The number of amides is 6. The molecule has 6 atom stereocenters. The first-order valence-corrected chi connectivity index (χ1v) is 25.8. The van der Waals surface area contributed by atoms with E-state index in [1.54, 1.807) is 39.8 Å². The maximum absolute atomic E-state index is 14.3. The van der Waals surface area contributed by atoms with Crippen LogP contribution in [0, 0.1) is 11.8 Å². The van der Waals surface area contributed by atoms with Crippen LogP contribution in [0.5, 0.6) is 0 Å². The Kier molecular flexibility index (Phi) is 15.8. The lowest BCUT2D eigenvalue weighted by Gasteiger charge is -2.40. The highest BCUT2D eigenvalue weighted by molar-refractivity contribution is 5.97. The molecule has 4 aliphatic rings. The maximum Gasteiger partial charge on any atom is 0.407 e. The predicted octanol–water partition coefficient (Wildman–Crippen LogP) is 5.20. The number of nitrogens with zero attached hydrogens (tertiary/aromatic N) is 5. The number of nitrogens with one attached hydrogen (secondary N) is 2. The summed E-state index contributed by atoms with van der Waals surface area (Å²) in [5.41, 5.74) is 29.3. The summed E-state index contributed by atoms with van der Waals surface area (Å²) >= 11 is 0. The number of nitrogens with two attached hydrogens (primary N) is 4. The summed E-state index contributed by atoms with van der Waals surface area (Å²) in [4.78, 5) is 93.1. The molecule has 4 aromatic rings. The normalized spacial score (nSPS) is 22.5. The number of rotatable bonds is 15. The monoisotopic (exact) mass is 1030 g/mol. The van der Waals surface area contributed by atoms with Crippen molar-refractivity contribution in [2.24, 2.45) is 23.3 Å². The number of anilines is 4. The molecule has 20 nitrogen and oxygen atoms in total. The highest BCUT2D eigenvalue weighted by Crippen LogP contribution is 2.51. The van der Waals surface area contributed by atoms with Gasteiger partial charge in [0.15, 0.2) is 0 Å². The van der Waals surface area contributed by atoms with Crippen LogP contribution in [0.25, 0.3) is 11.1 Å². The molecule has 0 radical (unpaired) electrons. The highest BCUT2D eigenvalue weighted by Gasteiger charge is 2.54. The summed E-state index contributed by atoms with van der Waals surface area (Å²) in [6, 6.07) is 21.0. The summed E-state index contributed by atoms with van der Waals surface area (Å²) in [6.45, 7) is 10.5. The van der Waals surface area contributed by atoms with Gasteiger partial charge in [-0.3, -0.25) is 19.2 Å².